The molecule has 2 aromatic carbocycles. The molecule has 1 amide bonds. The van der Waals surface area contributed by atoms with Crippen molar-refractivity contribution in [2.24, 2.45) is 0 Å². The molecule has 5 nitrogen and oxygen atoms in total. The summed E-state index contributed by atoms with van der Waals surface area (Å²) in [4.78, 5) is 12.3. The minimum Gasteiger partial charge on any atom is -0.326 e. The zero-order chi connectivity index (χ0) is 19.5. The summed E-state index contributed by atoms with van der Waals surface area (Å²) in [5.74, 6) is -0.270. The Bertz CT molecular complexity index is 906. The van der Waals surface area contributed by atoms with Crippen molar-refractivity contribution in [3.05, 3.63) is 58.1 Å². The first-order chi connectivity index (χ1) is 12.1. The molecular weight excluding hydrogens is 372 g/mol. The Balaban J connectivity index is 2.15. The van der Waals surface area contributed by atoms with Gasteiger partial charge >= 0.3 is 0 Å². The van der Waals surface area contributed by atoms with Crippen LogP contribution in [0.2, 0.25) is 5.02 Å². The number of sulfonamides is 1. The summed E-state index contributed by atoms with van der Waals surface area (Å²) in [6.07, 6.45) is 1.18. The number of rotatable bonds is 6. The highest BCUT2D eigenvalue weighted by Crippen LogP contribution is 2.24. The summed E-state index contributed by atoms with van der Waals surface area (Å²) in [7, 11) is -3.50. The van der Waals surface area contributed by atoms with E-state index in [-0.39, 0.29) is 18.9 Å². The van der Waals surface area contributed by atoms with E-state index in [9.17, 15) is 13.2 Å². The molecule has 0 atom stereocenters. The van der Waals surface area contributed by atoms with Gasteiger partial charge in [0.25, 0.3) is 0 Å². The van der Waals surface area contributed by atoms with Crippen molar-refractivity contribution in [1.29, 1.82) is 0 Å². The maximum atomic E-state index is 12.3. The van der Waals surface area contributed by atoms with E-state index in [2.05, 4.69) is 5.32 Å². The van der Waals surface area contributed by atoms with E-state index in [1.807, 2.05) is 26.8 Å². The third-order valence-corrected chi connectivity index (χ3v) is 5.58. The maximum absolute atomic E-state index is 12.3. The van der Waals surface area contributed by atoms with Gasteiger partial charge in [0.05, 0.1) is 11.9 Å². The Morgan fingerprint density at radius 1 is 1.12 bits per heavy atom. The Kier molecular flexibility index (Phi) is 6.31. The molecule has 1 N–H and O–H groups in total. The molecule has 0 spiro atoms. The van der Waals surface area contributed by atoms with Gasteiger partial charge in [-0.3, -0.25) is 9.10 Å². The zero-order valence-corrected chi connectivity index (χ0v) is 16.9. The molecule has 0 saturated carbocycles. The standard InChI is InChI=1S/C19H23ClN2O3S/c1-13-10-14(2)12-16(11-13)22(26(4,24)25)9-8-19(23)21-18-7-5-6-17(20)15(18)3/h5-7,10-12H,8-9H2,1-4H3,(H,21,23). The number of aryl methyl sites for hydroxylation is 2. The summed E-state index contributed by atoms with van der Waals surface area (Å²) < 4.78 is 25.7. The molecule has 2 aromatic rings. The highest BCUT2D eigenvalue weighted by Gasteiger charge is 2.19. The van der Waals surface area contributed by atoms with E-state index in [4.69, 9.17) is 11.6 Å². The number of anilines is 2. The van der Waals surface area contributed by atoms with Crippen molar-refractivity contribution in [2.45, 2.75) is 27.2 Å². The average molecular weight is 395 g/mol. The summed E-state index contributed by atoms with van der Waals surface area (Å²) >= 11 is 6.06. The number of nitrogens with one attached hydrogen (secondary N) is 1. The predicted octanol–water partition coefficient (Wildman–Crippen LogP) is 4.06. The Morgan fingerprint density at radius 3 is 2.31 bits per heavy atom. The largest absolute Gasteiger partial charge is 0.326 e. The molecule has 0 aliphatic carbocycles. The second-order valence-electron chi connectivity index (χ2n) is 6.39. The number of halogens is 1. The number of hydrogen-bond acceptors (Lipinski definition) is 3. The van der Waals surface area contributed by atoms with E-state index < -0.39 is 10.0 Å². The van der Waals surface area contributed by atoms with Gasteiger partial charge in [-0.25, -0.2) is 8.42 Å². The minimum atomic E-state index is -3.50. The highest BCUT2D eigenvalue weighted by molar-refractivity contribution is 7.92. The smallest absolute Gasteiger partial charge is 0.232 e. The van der Waals surface area contributed by atoms with Crippen molar-refractivity contribution in [3.63, 3.8) is 0 Å². The Morgan fingerprint density at radius 2 is 1.73 bits per heavy atom. The number of hydrogen-bond donors (Lipinski definition) is 1. The zero-order valence-electron chi connectivity index (χ0n) is 15.3. The van der Waals surface area contributed by atoms with E-state index in [1.54, 1.807) is 30.3 Å². The van der Waals surface area contributed by atoms with E-state index >= 15 is 0 Å². The van der Waals surface area contributed by atoms with Crippen LogP contribution in [0.3, 0.4) is 0 Å². The molecule has 0 fully saturated rings. The van der Waals surface area contributed by atoms with E-state index in [1.165, 1.54) is 4.31 Å². The van der Waals surface area contributed by atoms with Gasteiger partial charge in [0.2, 0.25) is 15.9 Å². The lowest BCUT2D eigenvalue weighted by molar-refractivity contribution is -0.116. The van der Waals surface area contributed by atoms with Crippen LogP contribution < -0.4 is 9.62 Å². The first kappa shape index (κ1) is 20.3. The van der Waals surface area contributed by atoms with Gasteiger partial charge in [-0.15, -0.1) is 0 Å². The normalized spacial score (nSPS) is 11.3. The summed E-state index contributed by atoms with van der Waals surface area (Å²) in [5, 5.41) is 3.35. The van der Waals surface area contributed by atoms with Gasteiger partial charge in [0, 0.05) is 23.7 Å². The lowest BCUT2D eigenvalue weighted by Crippen LogP contribution is -2.33. The van der Waals surface area contributed by atoms with Crippen LogP contribution in [0.15, 0.2) is 36.4 Å². The SMILES string of the molecule is Cc1cc(C)cc(N(CCC(=O)Nc2cccc(Cl)c2C)S(C)(=O)=O)c1. The quantitative estimate of drug-likeness (QED) is 0.803. The molecule has 26 heavy (non-hydrogen) atoms. The number of nitrogens with zero attached hydrogens (tertiary/aromatic N) is 1. The van der Waals surface area contributed by atoms with Crippen molar-refractivity contribution in [2.75, 3.05) is 22.4 Å². The molecule has 0 bridgehead atoms. The molecule has 7 heteroatoms. The second-order valence-corrected chi connectivity index (χ2v) is 8.71. The topological polar surface area (TPSA) is 66.5 Å². The van der Waals surface area contributed by atoms with E-state index in [0.29, 0.717) is 16.4 Å². The summed E-state index contributed by atoms with van der Waals surface area (Å²) in [6.45, 7) is 5.70. The fraction of sp³-hybridized carbons (Fsp3) is 0.316. The molecule has 0 saturated heterocycles. The van der Waals surface area contributed by atoms with Crippen LogP contribution in [0, 0.1) is 20.8 Å². The fourth-order valence-corrected chi connectivity index (χ4v) is 3.83. The lowest BCUT2D eigenvalue weighted by Gasteiger charge is -2.23. The van der Waals surface area contributed by atoms with Gasteiger partial charge in [0.15, 0.2) is 0 Å². The third-order valence-electron chi connectivity index (χ3n) is 3.98. The van der Waals surface area contributed by atoms with Crippen molar-refractivity contribution in [1.82, 2.24) is 0 Å². The Hall–Kier alpha value is -2.05. The molecule has 0 aliphatic heterocycles. The highest BCUT2D eigenvalue weighted by atomic mass is 35.5. The molecule has 0 unspecified atom stereocenters. The third kappa shape index (κ3) is 5.22. The number of amides is 1. The maximum Gasteiger partial charge on any atom is 0.232 e. The van der Waals surface area contributed by atoms with Crippen LogP contribution >= 0.6 is 11.6 Å². The van der Waals surface area contributed by atoms with Crippen LogP contribution in [-0.2, 0) is 14.8 Å². The molecule has 0 aliphatic rings. The number of benzene rings is 2. The van der Waals surface area contributed by atoms with Crippen molar-refractivity contribution >= 4 is 38.9 Å². The first-order valence-corrected chi connectivity index (χ1v) is 10.4. The fourth-order valence-electron chi connectivity index (χ4n) is 2.74. The molecular formula is C19H23ClN2O3S. The van der Waals surface area contributed by atoms with Crippen LogP contribution in [0.5, 0.6) is 0 Å². The lowest BCUT2D eigenvalue weighted by atomic mass is 10.1. The van der Waals surface area contributed by atoms with Gasteiger partial charge in [-0.2, -0.15) is 0 Å². The van der Waals surface area contributed by atoms with Crippen molar-refractivity contribution in [3.8, 4) is 0 Å². The van der Waals surface area contributed by atoms with Gasteiger partial charge in [-0.05, 0) is 61.7 Å². The number of carbonyl (C=O) groups excluding carboxylic acids is 1. The summed E-state index contributed by atoms with van der Waals surface area (Å²) in [5.41, 5.74) is 3.90. The Labute approximate surface area is 160 Å². The summed E-state index contributed by atoms with van der Waals surface area (Å²) in [6, 6.07) is 10.8. The van der Waals surface area contributed by atoms with Crippen LogP contribution in [0.25, 0.3) is 0 Å². The minimum absolute atomic E-state index is 0.0337. The molecule has 140 valence electrons. The molecule has 0 heterocycles. The van der Waals surface area contributed by atoms with Crippen LogP contribution in [0.1, 0.15) is 23.1 Å². The monoisotopic (exact) mass is 394 g/mol. The molecule has 0 radical (unpaired) electrons. The van der Waals surface area contributed by atoms with Gasteiger partial charge in [-0.1, -0.05) is 23.7 Å². The average Bonchev–Trinajstić information content (AvgIpc) is 2.50. The van der Waals surface area contributed by atoms with E-state index in [0.717, 1.165) is 22.9 Å². The van der Waals surface area contributed by atoms with Crippen molar-refractivity contribution < 1.29 is 13.2 Å². The first-order valence-electron chi connectivity index (χ1n) is 8.19. The second kappa shape index (κ2) is 8.10. The predicted molar refractivity (Wildman–Crippen MR) is 108 cm³/mol. The van der Waals surface area contributed by atoms with Gasteiger partial charge in [0.1, 0.15) is 0 Å². The van der Waals surface area contributed by atoms with Gasteiger partial charge < -0.3 is 5.32 Å². The number of carbonyl (C=O) groups is 1. The van der Waals surface area contributed by atoms with Crippen LogP contribution in [-0.4, -0.2) is 27.1 Å². The molecule has 0 aromatic heterocycles. The molecule has 2 rings (SSSR count). The van der Waals surface area contributed by atoms with Crippen LogP contribution in [0.4, 0.5) is 11.4 Å².